The third kappa shape index (κ3) is 2.54. The van der Waals surface area contributed by atoms with Crippen molar-refractivity contribution < 1.29 is 4.74 Å². The zero-order chi connectivity index (χ0) is 10.6. The van der Waals surface area contributed by atoms with Crippen LogP contribution in [-0.2, 0) is 6.42 Å². The molecule has 0 atom stereocenters. The van der Waals surface area contributed by atoms with Gasteiger partial charge >= 0.3 is 0 Å². The molecule has 0 unspecified atom stereocenters. The molecular formula is C10H9Cl2NO. The van der Waals surface area contributed by atoms with Crippen LogP contribution in [0.2, 0.25) is 10.0 Å². The van der Waals surface area contributed by atoms with E-state index in [0.29, 0.717) is 28.6 Å². The van der Waals surface area contributed by atoms with Crippen molar-refractivity contribution in [2.24, 2.45) is 0 Å². The standard InChI is InChI=1S/C10H9Cl2NO/c1-14-10-5-7(3-2-4-13)8(11)6-9(10)12/h5-6H,2-3H2,1H3. The summed E-state index contributed by atoms with van der Waals surface area (Å²) in [7, 11) is 1.54. The fourth-order valence-electron chi connectivity index (χ4n) is 1.11. The molecule has 4 heteroatoms. The van der Waals surface area contributed by atoms with Crippen LogP contribution in [0, 0.1) is 11.3 Å². The Hall–Kier alpha value is -0.910. The zero-order valence-electron chi connectivity index (χ0n) is 7.68. The van der Waals surface area contributed by atoms with Crippen molar-refractivity contribution in [3.8, 4) is 11.8 Å². The molecule has 0 aliphatic rings. The van der Waals surface area contributed by atoms with Crippen molar-refractivity contribution in [3.63, 3.8) is 0 Å². The molecule has 0 amide bonds. The summed E-state index contributed by atoms with van der Waals surface area (Å²) < 4.78 is 5.05. The number of rotatable bonds is 3. The second-order valence-electron chi connectivity index (χ2n) is 2.74. The largest absolute Gasteiger partial charge is 0.495 e. The van der Waals surface area contributed by atoms with E-state index in [9.17, 15) is 0 Å². The van der Waals surface area contributed by atoms with Crippen LogP contribution in [0.15, 0.2) is 12.1 Å². The summed E-state index contributed by atoms with van der Waals surface area (Å²) in [6.45, 7) is 0. The third-order valence-corrected chi connectivity index (χ3v) is 2.47. The molecule has 0 aromatic heterocycles. The summed E-state index contributed by atoms with van der Waals surface area (Å²) in [6, 6.07) is 5.46. The first-order chi connectivity index (χ1) is 6.69. The molecule has 2 nitrogen and oxygen atoms in total. The van der Waals surface area contributed by atoms with Gasteiger partial charge in [0.15, 0.2) is 0 Å². The van der Waals surface area contributed by atoms with Crippen molar-refractivity contribution in [2.75, 3.05) is 7.11 Å². The Labute approximate surface area is 93.0 Å². The van der Waals surface area contributed by atoms with E-state index in [-0.39, 0.29) is 0 Å². The molecule has 1 aromatic rings. The minimum atomic E-state index is 0.435. The van der Waals surface area contributed by atoms with Crippen LogP contribution in [0.25, 0.3) is 0 Å². The number of aryl methyl sites for hydroxylation is 1. The lowest BCUT2D eigenvalue weighted by Gasteiger charge is -2.07. The average molecular weight is 230 g/mol. The molecule has 0 saturated heterocycles. The van der Waals surface area contributed by atoms with E-state index in [1.165, 1.54) is 0 Å². The van der Waals surface area contributed by atoms with Crippen molar-refractivity contribution in [1.82, 2.24) is 0 Å². The van der Waals surface area contributed by atoms with Crippen LogP contribution in [0.5, 0.6) is 5.75 Å². The second-order valence-corrected chi connectivity index (χ2v) is 3.55. The number of benzene rings is 1. The highest BCUT2D eigenvalue weighted by Gasteiger charge is 2.07. The number of halogens is 2. The summed E-state index contributed by atoms with van der Waals surface area (Å²) in [5.74, 6) is 0.587. The molecule has 0 saturated carbocycles. The summed E-state index contributed by atoms with van der Waals surface area (Å²) in [6.07, 6.45) is 1.05. The van der Waals surface area contributed by atoms with Gasteiger partial charge in [-0.3, -0.25) is 0 Å². The van der Waals surface area contributed by atoms with E-state index in [1.54, 1.807) is 19.2 Å². The van der Waals surface area contributed by atoms with E-state index in [4.69, 9.17) is 33.2 Å². The number of methoxy groups -OCH3 is 1. The summed E-state index contributed by atoms with van der Waals surface area (Å²) in [5, 5.41) is 9.51. The second kappa shape index (κ2) is 5.09. The van der Waals surface area contributed by atoms with Gasteiger partial charge in [0.25, 0.3) is 0 Å². The topological polar surface area (TPSA) is 33.0 Å². The van der Waals surface area contributed by atoms with Gasteiger partial charge in [0, 0.05) is 11.4 Å². The number of nitrogens with zero attached hydrogens (tertiary/aromatic N) is 1. The maximum absolute atomic E-state index is 8.45. The SMILES string of the molecule is COc1cc(CCC#N)c(Cl)cc1Cl. The van der Waals surface area contributed by atoms with Crippen LogP contribution >= 0.6 is 23.2 Å². The Kier molecular flexibility index (Phi) is 4.06. The van der Waals surface area contributed by atoms with Crippen LogP contribution in [-0.4, -0.2) is 7.11 Å². The first-order valence-electron chi connectivity index (χ1n) is 4.08. The number of hydrogen-bond acceptors (Lipinski definition) is 2. The fourth-order valence-corrected chi connectivity index (χ4v) is 1.66. The smallest absolute Gasteiger partial charge is 0.137 e. The molecule has 0 bridgehead atoms. The Morgan fingerprint density at radius 2 is 2.07 bits per heavy atom. The molecule has 0 N–H and O–H groups in total. The molecular weight excluding hydrogens is 221 g/mol. The molecule has 0 radical (unpaired) electrons. The van der Waals surface area contributed by atoms with Crippen LogP contribution < -0.4 is 4.74 Å². The molecule has 14 heavy (non-hydrogen) atoms. The predicted octanol–water partition coefficient (Wildman–Crippen LogP) is 3.46. The first-order valence-corrected chi connectivity index (χ1v) is 4.83. The molecule has 1 rings (SSSR count). The lowest BCUT2D eigenvalue weighted by Crippen LogP contribution is -1.90. The van der Waals surface area contributed by atoms with Gasteiger partial charge < -0.3 is 4.74 Å². The molecule has 74 valence electrons. The van der Waals surface area contributed by atoms with E-state index in [1.807, 2.05) is 0 Å². The first kappa shape index (κ1) is 11.2. The van der Waals surface area contributed by atoms with Gasteiger partial charge in [-0.15, -0.1) is 0 Å². The van der Waals surface area contributed by atoms with Crippen molar-refractivity contribution in [1.29, 1.82) is 5.26 Å². The third-order valence-electron chi connectivity index (χ3n) is 1.83. The Morgan fingerprint density at radius 3 is 2.64 bits per heavy atom. The monoisotopic (exact) mass is 229 g/mol. The van der Waals surface area contributed by atoms with Gasteiger partial charge in [0.1, 0.15) is 5.75 Å². The Morgan fingerprint density at radius 1 is 1.36 bits per heavy atom. The van der Waals surface area contributed by atoms with Gasteiger partial charge in [0.05, 0.1) is 18.2 Å². The van der Waals surface area contributed by atoms with Crippen molar-refractivity contribution >= 4 is 23.2 Å². The van der Waals surface area contributed by atoms with Gasteiger partial charge in [-0.25, -0.2) is 0 Å². The van der Waals surface area contributed by atoms with Crippen molar-refractivity contribution in [2.45, 2.75) is 12.8 Å². The maximum Gasteiger partial charge on any atom is 0.137 e. The molecule has 0 aliphatic heterocycles. The van der Waals surface area contributed by atoms with E-state index in [2.05, 4.69) is 6.07 Å². The summed E-state index contributed by atoms with van der Waals surface area (Å²) in [4.78, 5) is 0. The average Bonchev–Trinajstić information content (AvgIpc) is 2.17. The normalized spacial score (nSPS) is 9.57. The van der Waals surface area contributed by atoms with Gasteiger partial charge in [-0.2, -0.15) is 5.26 Å². The maximum atomic E-state index is 8.45. The summed E-state index contributed by atoms with van der Waals surface area (Å²) >= 11 is 11.8. The molecule has 0 aliphatic carbocycles. The van der Waals surface area contributed by atoms with Crippen LogP contribution in [0.4, 0.5) is 0 Å². The molecule has 1 aromatic carbocycles. The minimum absolute atomic E-state index is 0.435. The van der Waals surface area contributed by atoms with Crippen molar-refractivity contribution in [3.05, 3.63) is 27.7 Å². The highest BCUT2D eigenvalue weighted by molar-refractivity contribution is 6.36. The zero-order valence-corrected chi connectivity index (χ0v) is 9.19. The van der Waals surface area contributed by atoms with Crippen LogP contribution in [0.3, 0.4) is 0 Å². The number of ether oxygens (including phenoxy) is 1. The fraction of sp³-hybridized carbons (Fsp3) is 0.300. The molecule has 0 fully saturated rings. The quantitative estimate of drug-likeness (QED) is 0.796. The number of hydrogen-bond donors (Lipinski definition) is 0. The Balaban J connectivity index is 2.99. The Bertz CT molecular complexity index is 371. The van der Waals surface area contributed by atoms with Gasteiger partial charge in [0.2, 0.25) is 0 Å². The minimum Gasteiger partial charge on any atom is -0.495 e. The lowest BCUT2D eigenvalue weighted by molar-refractivity contribution is 0.414. The molecule has 0 heterocycles. The van der Waals surface area contributed by atoms with E-state index in [0.717, 1.165) is 5.56 Å². The van der Waals surface area contributed by atoms with Gasteiger partial charge in [-0.05, 0) is 24.1 Å². The van der Waals surface area contributed by atoms with E-state index >= 15 is 0 Å². The highest BCUT2D eigenvalue weighted by Crippen LogP contribution is 2.31. The number of nitriles is 1. The van der Waals surface area contributed by atoms with Crippen LogP contribution in [0.1, 0.15) is 12.0 Å². The van der Waals surface area contributed by atoms with Gasteiger partial charge in [-0.1, -0.05) is 23.2 Å². The predicted molar refractivity (Wildman–Crippen MR) is 56.9 cm³/mol. The molecule has 0 spiro atoms. The highest BCUT2D eigenvalue weighted by atomic mass is 35.5. The lowest BCUT2D eigenvalue weighted by atomic mass is 10.1. The van der Waals surface area contributed by atoms with E-state index < -0.39 is 0 Å². The summed E-state index contributed by atoms with van der Waals surface area (Å²) in [5.41, 5.74) is 0.884.